The lowest BCUT2D eigenvalue weighted by molar-refractivity contribution is -0.152. The molecular weight excluding hydrogens is 350 g/mol. The summed E-state index contributed by atoms with van der Waals surface area (Å²) in [6, 6.07) is 4.05. The molecule has 0 fully saturated rings. The average Bonchev–Trinajstić information content (AvgIpc) is 2.95. The highest BCUT2D eigenvalue weighted by Gasteiger charge is 2.40. The van der Waals surface area contributed by atoms with Gasteiger partial charge in [-0.2, -0.15) is 13.2 Å². The van der Waals surface area contributed by atoms with Gasteiger partial charge in [0.15, 0.2) is 5.65 Å². The largest absolute Gasteiger partial charge is 0.408 e. The second-order valence-electron chi connectivity index (χ2n) is 4.59. The van der Waals surface area contributed by atoms with Crippen molar-refractivity contribution in [2.45, 2.75) is 17.1 Å². The molecule has 9 heteroatoms. The Morgan fingerprint density at radius 2 is 1.87 bits per heavy atom. The Hall–Kier alpha value is -1.71. The van der Waals surface area contributed by atoms with Gasteiger partial charge in [-0.05, 0) is 35.7 Å². The molecule has 120 valence electrons. The molecule has 2 heterocycles. The van der Waals surface area contributed by atoms with Gasteiger partial charge in [-0.1, -0.05) is 12.1 Å². The van der Waals surface area contributed by atoms with Gasteiger partial charge in [0, 0.05) is 11.1 Å². The second-order valence-corrected chi connectivity index (χ2v) is 6.39. The van der Waals surface area contributed by atoms with Crippen LogP contribution in [0.1, 0.15) is 11.6 Å². The van der Waals surface area contributed by atoms with Crippen LogP contribution in [-0.4, -0.2) is 16.1 Å². The van der Waals surface area contributed by atoms with E-state index in [0.29, 0.717) is 10.5 Å². The van der Waals surface area contributed by atoms with Crippen molar-refractivity contribution in [3.8, 4) is 0 Å². The Balaban J connectivity index is 1.79. The molecule has 0 aliphatic heterocycles. The number of nitrogens with zero attached hydrogens (tertiary/aromatic N) is 2. The zero-order chi connectivity index (χ0) is 16.4. The molecule has 0 aliphatic carbocycles. The van der Waals surface area contributed by atoms with Crippen LogP contribution < -0.4 is 4.72 Å². The maximum absolute atomic E-state index is 13.2. The van der Waals surface area contributed by atoms with E-state index in [4.69, 9.17) is 0 Å². The highest BCUT2D eigenvalue weighted by Crippen LogP contribution is 2.35. The van der Waals surface area contributed by atoms with Gasteiger partial charge >= 0.3 is 6.18 Å². The van der Waals surface area contributed by atoms with Crippen molar-refractivity contribution in [3.05, 3.63) is 53.4 Å². The van der Waals surface area contributed by atoms with Crippen molar-refractivity contribution in [1.29, 1.82) is 0 Å². The average molecular weight is 359 g/mol. The maximum Gasteiger partial charge on any atom is 0.408 e. The van der Waals surface area contributed by atoms with E-state index >= 15 is 0 Å². The van der Waals surface area contributed by atoms with Crippen molar-refractivity contribution in [1.82, 2.24) is 14.7 Å². The number of rotatable bonds is 4. The number of pyridine rings is 1. The molecule has 0 saturated heterocycles. The smallest absolute Gasteiger partial charge is 0.244 e. The number of fused-ring (bicyclic) bond motifs is 1. The first-order valence-electron chi connectivity index (χ1n) is 6.37. The molecule has 2 aromatic heterocycles. The van der Waals surface area contributed by atoms with E-state index in [-0.39, 0.29) is 5.56 Å². The summed E-state index contributed by atoms with van der Waals surface area (Å²) in [5.74, 6) is -0.581. The third-order valence-corrected chi connectivity index (χ3v) is 4.57. The standard InChI is InChI=1S/C14H9F4N3S2/c15-9-3-1-8(2-4-9)12(14(16,17)18)21-23-10-5-11-13(19-6-10)20-7-22-11/h1-7,12,21H. The molecule has 1 N–H and O–H groups in total. The van der Waals surface area contributed by atoms with Gasteiger partial charge in [0.25, 0.3) is 0 Å². The van der Waals surface area contributed by atoms with E-state index < -0.39 is 18.0 Å². The Labute approximate surface area is 136 Å². The molecule has 0 spiro atoms. The first-order valence-corrected chi connectivity index (χ1v) is 8.07. The Bertz CT molecular complexity index is 802. The lowest BCUT2D eigenvalue weighted by Gasteiger charge is -2.21. The summed E-state index contributed by atoms with van der Waals surface area (Å²) >= 11 is 2.19. The highest BCUT2D eigenvalue weighted by molar-refractivity contribution is 7.97. The van der Waals surface area contributed by atoms with Crippen molar-refractivity contribution in [3.63, 3.8) is 0 Å². The van der Waals surface area contributed by atoms with E-state index in [1.165, 1.54) is 17.5 Å². The summed E-state index contributed by atoms with van der Waals surface area (Å²) in [5, 5.41) is 0. The summed E-state index contributed by atoms with van der Waals surface area (Å²) in [6.07, 6.45) is -3.05. The number of alkyl halides is 3. The molecule has 0 radical (unpaired) electrons. The summed E-state index contributed by atoms with van der Waals surface area (Å²) in [5.41, 5.74) is 2.12. The van der Waals surface area contributed by atoms with Gasteiger partial charge in [-0.3, -0.25) is 0 Å². The van der Waals surface area contributed by atoms with Crippen LogP contribution in [0.4, 0.5) is 17.6 Å². The van der Waals surface area contributed by atoms with Crippen LogP contribution in [0.15, 0.2) is 46.9 Å². The predicted octanol–water partition coefficient (Wildman–Crippen LogP) is 4.73. The molecule has 0 bridgehead atoms. The van der Waals surface area contributed by atoms with Crippen LogP contribution in [-0.2, 0) is 0 Å². The molecule has 0 aliphatic rings. The molecule has 3 rings (SSSR count). The van der Waals surface area contributed by atoms with Gasteiger partial charge in [0.05, 0.1) is 10.2 Å². The quantitative estimate of drug-likeness (QED) is 0.540. The summed E-state index contributed by atoms with van der Waals surface area (Å²) < 4.78 is 55.7. The first kappa shape index (κ1) is 16.2. The minimum Gasteiger partial charge on any atom is -0.244 e. The van der Waals surface area contributed by atoms with E-state index in [0.717, 1.165) is 40.9 Å². The summed E-state index contributed by atoms with van der Waals surface area (Å²) in [7, 11) is 0. The van der Waals surface area contributed by atoms with Crippen LogP contribution in [0, 0.1) is 5.82 Å². The molecule has 1 atom stereocenters. The minimum atomic E-state index is -4.51. The molecular formula is C14H9F4N3S2. The normalized spacial score (nSPS) is 13.4. The number of hydrogen-bond acceptors (Lipinski definition) is 5. The van der Waals surface area contributed by atoms with Crippen LogP contribution in [0.25, 0.3) is 10.3 Å². The predicted molar refractivity (Wildman–Crippen MR) is 81.6 cm³/mol. The van der Waals surface area contributed by atoms with Crippen molar-refractivity contribution < 1.29 is 17.6 Å². The molecule has 1 aromatic carbocycles. The summed E-state index contributed by atoms with van der Waals surface area (Å²) in [4.78, 5) is 8.63. The molecule has 0 saturated carbocycles. The number of hydrogen-bond donors (Lipinski definition) is 1. The fourth-order valence-corrected chi connectivity index (χ4v) is 3.45. The maximum atomic E-state index is 13.2. The third-order valence-electron chi connectivity index (χ3n) is 2.99. The van der Waals surface area contributed by atoms with E-state index in [9.17, 15) is 17.6 Å². The van der Waals surface area contributed by atoms with Gasteiger partial charge in [-0.15, -0.1) is 11.3 Å². The lowest BCUT2D eigenvalue weighted by atomic mass is 10.1. The van der Waals surface area contributed by atoms with Crippen LogP contribution >= 0.6 is 23.3 Å². The van der Waals surface area contributed by atoms with E-state index in [2.05, 4.69) is 14.7 Å². The fraction of sp³-hybridized carbons (Fsp3) is 0.143. The van der Waals surface area contributed by atoms with Crippen molar-refractivity contribution in [2.75, 3.05) is 0 Å². The Kier molecular flexibility index (Phi) is 4.51. The molecule has 1 unspecified atom stereocenters. The second kappa shape index (κ2) is 6.42. The van der Waals surface area contributed by atoms with Gasteiger partial charge in [-0.25, -0.2) is 19.1 Å². The van der Waals surface area contributed by atoms with E-state index in [1.807, 2.05) is 0 Å². The lowest BCUT2D eigenvalue weighted by Crippen LogP contribution is -2.30. The number of aromatic nitrogens is 2. The summed E-state index contributed by atoms with van der Waals surface area (Å²) in [6.45, 7) is 0. The van der Waals surface area contributed by atoms with Crippen LogP contribution in [0.3, 0.4) is 0 Å². The van der Waals surface area contributed by atoms with Crippen molar-refractivity contribution in [2.24, 2.45) is 0 Å². The van der Waals surface area contributed by atoms with Crippen molar-refractivity contribution >= 4 is 33.6 Å². The minimum absolute atomic E-state index is 0.0572. The topological polar surface area (TPSA) is 37.8 Å². The van der Waals surface area contributed by atoms with Gasteiger partial charge in [0.1, 0.15) is 11.9 Å². The number of thiazole rings is 1. The SMILES string of the molecule is Fc1ccc(C(NSc2cnc3ncsc3c2)C(F)(F)F)cc1. The zero-order valence-corrected chi connectivity index (χ0v) is 13.0. The Morgan fingerprint density at radius 1 is 1.13 bits per heavy atom. The number of halogens is 4. The van der Waals surface area contributed by atoms with Gasteiger partial charge in [0.2, 0.25) is 0 Å². The van der Waals surface area contributed by atoms with Crippen LogP contribution in [0.2, 0.25) is 0 Å². The zero-order valence-electron chi connectivity index (χ0n) is 11.3. The monoisotopic (exact) mass is 359 g/mol. The third kappa shape index (κ3) is 3.80. The Morgan fingerprint density at radius 3 is 2.57 bits per heavy atom. The van der Waals surface area contributed by atoms with Crippen LogP contribution in [0.5, 0.6) is 0 Å². The first-order chi connectivity index (χ1) is 10.9. The number of benzene rings is 1. The fourth-order valence-electron chi connectivity index (χ4n) is 1.90. The highest BCUT2D eigenvalue weighted by atomic mass is 32.2. The van der Waals surface area contributed by atoms with Gasteiger partial charge < -0.3 is 0 Å². The molecule has 0 amide bonds. The molecule has 23 heavy (non-hydrogen) atoms. The molecule has 3 aromatic rings. The number of nitrogens with one attached hydrogen (secondary N) is 1. The van der Waals surface area contributed by atoms with E-state index in [1.54, 1.807) is 11.6 Å². The molecule has 3 nitrogen and oxygen atoms in total.